The number of azide groups is 1. The maximum absolute atomic E-state index is 9.08. The first kappa shape index (κ1) is 8.59. The SMILES string of the molecule is [N-]=[N+]=N[C@H](O)Cc1ccccc1. The fourth-order valence-corrected chi connectivity index (χ4v) is 0.925. The highest BCUT2D eigenvalue weighted by Gasteiger charge is 2.00. The topological polar surface area (TPSA) is 69.0 Å². The van der Waals surface area contributed by atoms with Crippen LogP contribution in [-0.2, 0) is 6.42 Å². The van der Waals surface area contributed by atoms with Crippen LogP contribution < -0.4 is 0 Å². The Labute approximate surface area is 70.1 Å². The average molecular weight is 163 g/mol. The van der Waals surface area contributed by atoms with Crippen molar-refractivity contribution < 1.29 is 5.11 Å². The summed E-state index contributed by atoms with van der Waals surface area (Å²) in [5.41, 5.74) is 8.97. The van der Waals surface area contributed by atoms with E-state index in [2.05, 4.69) is 10.0 Å². The summed E-state index contributed by atoms with van der Waals surface area (Å²) in [6.07, 6.45) is -0.595. The molecular formula is C8H9N3O. The molecule has 1 N–H and O–H groups in total. The highest BCUT2D eigenvalue weighted by atomic mass is 16.3. The van der Waals surface area contributed by atoms with Gasteiger partial charge in [0, 0.05) is 11.3 Å². The number of nitrogens with zero attached hydrogens (tertiary/aromatic N) is 3. The van der Waals surface area contributed by atoms with E-state index in [0.29, 0.717) is 6.42 Å². The molecule has 0 amide bonds. The molecule has 0 spiro atoms. The number of benzene rings is 1. The van der Waals surface area contributed by atoms with Crippen LogP contribution in [0.25, 0.3) is 10.4 Å². The summed E-state index contributed by atoms with van der Waals surface area (Å²) in [6, 6.07) is 9.38. The van der Waals surface area contributed by atoms with Gasteiger partial charge in [-0.2, -0.15) is 0 Å². The zero-order chi connectivity index (χ0) is 8.81. The molecule has 0 radical (unpaired) electrons. The van der Waals surface area contributed by atoms with Crippen molar-refractivity contribution in [3.8, 4) is 0 Å². The van der Waals surface area contributed by atoms with Crippen molar-refractivity contribution in [1.29, 1.82) is 0 Å². The Balaban J connectivity index is 2.58. The van der Waals surface area contributed by atoms with Crippen LogP contribution >= 0.6 is 0 Å². The van der Waals surface area contributed by atoms with Gasteiger partial charge in [-0.05, 0) is 11.1 Å². The summed E-state index contributed by atoms with van der Waals surface area (Å²) in [4.78, 5) is 2.51. The second kappa shape index (κ2) is 4.38. The molecule has 4 heteroatoms. The minimum absolute atomic E-state index is 0.366. The van der Waals surface area contributed by atoms with Crippen LogP contribution in [-0.4, -0.2) is 11.3 Å². The molecule has 1 atom stereocenters. The van der Waals surface area contributed by atoms with Gasteiger partial charge < -0.3 is 5.11 Å². The van der Waals surface area contributed by atoms with Crippen LogP contribution in [0, 0.1) is 0 Å². The van der Waals surface area contributed by atoms with Crippen molar-refractivity contribution in [3.63, 3.8) is 0 Å². The minimum Gasteiger partial charge on any atom is -0.387 e. The van der Waals surface area contributed by atoms with Gasteiger partial charge in [-0.15, -0.1) is 0 Å². The third-order valence-corrected chi connectivity index (χ3v) is 1.45. The molecule has 0 heterocycles. The fourth-order valence-electron chi connectivity index (χ4n) is 0.925. The quantitative estimate of drug-likeness (QED) is 0.412. The van der Waals surface area contributed by atoms with E-state index in [0.717, 1.165) is 5.56 Å². The van der Waals surface area contributed by atoms with Crippen molar-refractivity contribution in [2.75, 3.05) is 0 Å². The summed E-state index contributed by atoms with van der Waals surface area (Å²) in [5, 5.41) is 12.2. The standard InChI is InChI=1S/C8H9N3O/c9-11-10-8(12)6-7-4-2-1-3-5-7/h1-5,8,12H,6H2/t8-/m1/s1. The number of hydrogen-bond acceptors (Lipinski definition) is 2. The number of aliphatic hydroxyl groups excluding tert-OH is 1. The highest BCUT2D eigenvalue weighted by Crippen LogP contribution is 2.03. The lowest BCUT2D eigenvalue weighted by molar-refractivity contribution is 0.183. The van der Waals surface area contributed by atoms with E-state index in [1.165, 1.54) is 0 Å². The molecule has 62 valence electrons. The summed E-state index contributed by atoms with van der Waals surface area (Å²) in [7, 11) is 0. The first-order valence-corrected chi connectivity index (χ1v) is 3.59. The summed E-state index contributed by atoms with van der Waals surface area (Å²) < 4.78 is 0. The van der Waals surface area contributed by atoms with Gasteiger partial charge in [0.25, 0.3) is 0 Å². The lowest BCUT2D eigenvalue weighted by Gasteiger charge is -2.02. The lowest BCUT2D eigenvalue weighted by Crippen LogP contribution is -2.04. The van der Waals surface area contributed by atoms with Crippen molar-refractivity contribution >= 4 is 0 Å². The van der Waals surface area contributed by atoms with Crippen LogP contribution in [0.15, 0.2) is 35.4 Å². The third kappa shape index (κ3) is 2.62. The summed E-state index contributed by atoms with van der Waals surface area (Å²) in [6.45, 7) is 0. The number of hydrogen-bond donors (Lipinski definition) is 1. The van der Waals surface area contributed by atoms with E-state index in [-0.39, 0.29) is 0 Å². The Morgan fingerprint density at radius 3 is 2.67 bits per heavy atom. The van der Waals surface area contributed by atoms with Gasteiger partial charge in [0.05, 0.1) is 0 Å². The Hall–Kier alpha value is -1.51. The largest absolute Gasteiger partial charge is 0.387 e. The molecule has 1 rings (SSSR count). The molecule has 0 fully saturated rings. The van der Waals surface area contributed by atoms with E-state index >= 15 is 0 Å². The molecule has 1 aromatic carbocycles. The van der Waals surface area contributed by atoms with Crippen molar-refractivity contribution in [2.45, 2.75) is 12.6 Å². The van der Waals surface area contributed by atoms with Gasteiger partial charge in [-0.1, -0.05) is 35.4 Å². The summed E-state index contributed by atoms with van der Waals surface area (Å²) in [5.74, 6) is 0. The lowest BCUT2D eigenvalue weighted by atomic mass is 10.1. The zero-order valence-corrected chi connectivity index (χ0v) is 6.46. The second-order valence-corrected chi connectivity index (χ2v) is 2.38. The van der Waals surface area contributed by atoms with E-state index in [9.17, 15) is 0 Å². The van der Waals surface area contributed by atoms with Gasteiger partial charge in [0.15, 0.2) is 0 Å². The maximum Gasteiger partial charge on any atom is 0.137 e. The van der Waals surface area contributed by atoms with Crippen molar-refractivity contribution in [1.82, 2.24) is 0 Å². The van der Waals surface area contributed by atoms with Crippen molar-refractivity contribution in [2.24, 2.45) is 5.11 Å². The van der Waals surface area contributed by atoms with Crippen LogP contribution in [0.2, 0.25) is 0 Å². The number of aliphatic hydroxyl groups is 1. The van der Waals surface area contributed by atoms with Gasteiger partial charge in [0.1, 0.15) is 6.23 Å². The monoisotopic (exact) mass is 163 g/mol. The molecule has 12 heavy (non-hydrogen) atoms. The van der Waals surface area contributed by atoms with Gasteiger partial charge in [-0.25, -0.2) is 0 Å². The first-order valence-electron chi connectivity index (χ1n) is 3.59. The first-order chi connectivity index (χ1) is 5.83. The minimum atomic E-state index is -0.961. The maximum atomic E-state index is 9.08. The molecule has 0 aliphatic carbocycles. The molecule has 0 unspecified atom stereocenters. The predicted molar refractivity (Wildman–Crippen MR) is 45.3 cm³/mol. The average Bonchev–Trinajstić information content (AvgIpc) is 2.06. The van der Waals surface area contributed by atoms with E-state index in [1.807, 2.05) is 30.3 Å². The molecular weight excluding hydrogens is 154 g/mol. The van der Waals surface area contributed by atoms with E-state index in [1.54, 1.807) is 0 Å². The number of rotatable bonds is 3. The molecule has 0 saturated carbocycles. The molecule has 1 aromatic rings. The normalized spacial score (nSPS) is 11.8. The van der Waals surface area contributed by atoms with Crippen LogP contribution in [0.1, 0.15) is 5.56 Å². The Morgan fingerprint density at radius 1 is 1.42 bits per heavy atom. The predicted octanol–water partition coefficient (Wildman–Crippen LogP) is 1.86. The second-order valence-electron chi connectivity index (χ2n) is 2.38. The van der Waals surface area contributed by atoms with Crippen molar-refractivity contribution in [3.05, 3.63) is 46.3 Å². The van der Waals surface area contributed by atoms with Crippen LogP contribution in [0.5, 0.6) is 0 Å². The molecule has 4 nitrogen and oxygen atoms in total. The molecule has 0 aliphatic rings. The summed E-state index contributed by atoms with van der Waals surface area (Å²) >= 11 is 0. The van der Waals surface area contributed by atoms with Gasteiger partial charge >= 0.3 is 0 Å². The van der Waals surface area contributed by atoms with Gasteiger partial charge in [-0.3, -0.25) is 0 Å². The van der Waals surface area contributed by atoms with E-state index in [4.69, 9.17) is 10.6 Å². The zero-order valence-electron chi connectivity index (χ0n) is 6.46. The molecule has 0 aliphatic heterocycles. The third-order valence-electron chi connectivity index (χ3n) is 1.45. The Bertz CT molecular complexity index is 280. The molecule has 0 saturated heterocycles. The molecule has 0 bridgehead atoms. The molecule has 0 aromatic heterocycles. The van der Waals surface area contributed by atoms with Crippen LogP contribution in [0.3, 0.4) is 0 Å². The van der Waals surface area contributed by atoms with Crippen LogP contribution in [0.4, 0.5) is 0 Å². The highest BCUT2D eigenvalue weighted by molar-refractivity contribution is 5.15. The Kier molecular flexibility index (Phi) is 3.14. The van der Waals surface area contributed by atoms with E-state index < -0.39 is 6.23 Å². The Morgan fingerprint density at radius 2 is 2.08 bits per heavy atom. The fraction of sp³-hybridized carbons (Fsp3) is 0.250. The van der Waals surface area contributed by atoms with Gasteiger partial charge in [0.2, 0.25) is 0 Å². The smallest absolute Gasteiger partial charge is 0.137 e.